The highest BCUT2D eigenvalue weighted by atomic mass is 16.5. The standard InChI is InChI=1S/C13H28N2O/c1-3-15(11-12-16-4-2)10-6-5-9-14-13-7-8-13/h13-14H,3-12H2,1-2H3. The Balaban J connectivity index is 1.86. The zero-order valence-corrected chi connectivity index (χ0v) is 11.0. The Morgan fingerprint density at radius 2 is 2.00 bits per heavy atom. The van der Waals surface area contributed by atoms with Crippen LogP contribution in [0, 0.1) is 0 Å². The van der Waals surface area contributed by atoms with Gasteiger partial charge in [-0.1, -0.05) is 6.92 Å². The van der Waals surface area contributed by atoms with Gasteiger partial charge < -0.3 is 15.0 Å². The third-order valence-corrected chi connectivity index (χ3v) is 3.11. The summed E-state index contributed by atoms with van der Waals surface area (Å²) in [4.78, 5) is 2.48. The lowest BCUT2D eigenvalue weighted by Crippen LogP contribution is -2.29. The Hall–Kier alpha value is -0.120. The van der Waals surface area contributed by atoms with Gasteiger partial charge in [-0.05, 0) is 52.2 Å². The maximum atomic E-state index is 5.38. The van der Waals surface area contributed by atoms with Crippen LogP contribution in [0.5, 0.6) is 0 Å². The first-order chi connectivity index (χ1) is 7.86. The van der Waals surface area contributed by atoms with Gasteiger partial charge in [-0.25, -0.2) is 0 Å². The summed E-state index contributed by atoms with van der Waals surface area (Å²) in [5.74, 6) is 0. The monoisotopic (exact) mass is 228 g/mol. The van der Waals surface area contributed by atoms with Crippen LogP contribution in [0.4, 0.5) is 0 Å². The Labute approximate surface area is 101 Å². The van der Waals surface area contributed by atoms with E-state index in [-0.39, 0.29) is 0 Å². The van der Waals surface area contributed by atoms with Crippen LogP contribution >= 0.6 is 0 Å². The van der Waals surface area contributed by atoms with E-state index in [2.05, 4.69) is 24.1 Å². The third kappa shape index (κ3) is 7.20. The lowest BCUT2D eigenvalue weighted by atomic mass is 10.3. The molecule has 0 aromatic rings. The molecule has 0 aromatic carbocycles. The smallest absolute Gasteiger partial charge is 0.0593 e. The first-order valence-electron chi connectivity index (χ1n) is 6.90. The second kappa shape index (κ2) is 8.97. The quantitative estimate of drug-likeness (QED) is 0.546. The van der Waals surface area contributed by atoms with E-state index in [1.165, 1.54) is 38.8 Å². The van der Waals surface area contributed by atoms with Crippen molar-refractivity contribution in [2.45, 2.75) is 45.6 Å². The minimum absolute atomic E-state index is 0.836. The zero-order chi connectivity index (χ0) is 11.6. The first kappa shape index (κ1) is 13.9. The van der Waals surface area contributed by atoms with Crippen molar-refractivity contribution >= 4 is 0 Å². The van der Waals surface area contributed by atoms with Crippen LogP contribution in [0.25, 0.3) is 0 Å². The second-order valence-corrected chi connectivity index (χ2v) is 4.57. The van der Waals surface area contributed by atoms with Crippen molar-refractivity contribution in [2.24, 2.45) is 0 Å². The van der Waals surface area contributed by atoms with E-state index in [0.717, 1.165) is 32.3 Å². The summed E-state index contributed by atoms with van der Waals surface area (Å²) in [6, 6.07) is 0.861. The van der Waals surface area contributed by atoms with Crippen molar-refractivity contribution in [1.29, 1.82) is 0 Å². The maximum Gasteiger partial charge on any atom is 0.0593 e. The van der Waals surface area contributed by atoms with Gasteiger partial charge in [0.2, 0.25) is 0 Å². The molecule has 0 amide bonds. The molecule has 1 N–H and O–H groups in total. The molecular formula is C13H28N2O. The highest BCUT2D eigenvalue weighted by Crippen LogP contribution is 2.18. The minimum Gasteiger partial charge on any atom is -0.380 e. The van der Waals surface area contributed by atoms with Gasteiger partial charge in [-0.2, -0.15) is 0 Å². The number of ether oxygens (including phenoxy) is 1. The molecule has 0 bridgehead atoms. The lowest BCUT2D eigenvalue weighted by Gasteiger charge is -2.20. The molecule has 3 heteroatoms. The molecule has 0 heterocycles. The van der Waals surface area contributed by atoms with E-state index in [0.29, 0.717) is 0 Å². The van der Waals surface area contributed by atoms with Gasteiger partial charge in [-0.3, -0.25) is 0 Å². The van der Waals surface area contributed by atoms with Crippen LogP contribution in [0.15, 0.2) is 0 Å². The Kier molecular flexibility index (Phi) is 7.81. The van der Waals surface area contributed by atoms with E-state index in [4.69, 9.17) is 4.74 Å². The molecule has 0 atom stereocenters. The molecule has 0 radical (unpaired) electrons. The summed E-state index contributed by atoms with van der Waals surface area (Å²) < 4.78 is 5.38. The van der Waals surface area contributed by atoms with E-state index < -0.39 is 0 Å². The summed E-state index contributed by atoms with van der Waals surface area (Å²) >= 11 is 0. The van der Waals surface area contributed by atoms with Crippen molar-refractivity contribution in [2.75, 3.05) is 39.4 Å². The first-order valence-corrected chi connectivity index (χ1v) is 6.90. The average Bonchev–Trinajstić information content (AvgIpc) is 3.10. The predicted molar refractivity (Wildman–Crippen MR) is 68.9 cm³/mol. The van der Waals surface area contributed by atoms with Gasteiger partial charge in [0.05, 0.1) is 6.61 Å². The molecule has 3 nitrogen and oxygen atoms in total. The number of hydrogen-bond acceptors (Lipinski definition) is 3. The van der Waals surface area contributed by atoms with E-state index >= 15 is 0 Å². The lowest BCUT2D eigenvalue weighted by molar-refractivity contribution is 0.114. The highest BCUT2D eigenvalue weighted by molar-refractivity contribution is 4.80. The second-order valence-electron chi connectivity index (χ2n) is 4.57. The fourth-order valence-corrected chi connectivity index (χ4v) is 1.82. The topological polar surface area (TPSA) is 24.5 Å². The Morgan fingerprint density at radius 1 is 1.19 bits per heavy atom. The largest absolute Gasteiger partial charge is 0.380 e. The molecule has 1 fully saturated rings. The number of unbranched alkanes of at least 4 members (excludes halogenated alkanes) is 1. The van der Waals surface area contributed by atoms with Gasteiger partial charge in [0, 0.05) is 19.2 Å². The van der Waals surface area contributed by atoms with E-state index in [9.17, 15) is 0 Å². The van der Waals surface area contributed by atoms with E-state index in [1.807, 2.05) is 0 Å². The van der Waals surface area contributed by atoms with Crippen molar-refractivity contribution in [3.8, 4) is 0 Å². The SMILES string of the molecule is CCOCCN(CC)CCCCNC1CC1. The van der Waals surface area contributed by atoms with Crippen LogP contribution in [0.2, 0.25) is 0 Å². The third-order valence-electron chi connectivity index (χ3n) is 3.11. The zero-order valence-electron chi connectivity index (χ0n) is 11.0. The summed E-state index contributed by atoms with van der Waals surface area (Å²) in [5.41, 5.74) is 0. The highest BCUT2D eigenvalue weighted by Gasteiger charge is 2.19. The summed E-state index contributed by atoms with van der Waals surface area (Å²) in [7, 11) is 0. The van der Waals surface area contributed by atoms with Crippen molar-refractivity contribution in [3.05, 3.63) is 0 Å². The van der Waals surface area contributed by atoms with Gasteiger partial charge in [0.15, 0.2) is 0 Å². The summed E-state index contributed by atoms with van der Waals surface area (Å²) in [6.07, 6.45) is 5.41. The average molecular weight is 228 g/mol. The molecule has 1 aliphatic rings. The van der Waals surface area contributed by atoms with E-state index in [1.54, 1.807) is 0 Å². The maximum absolute atomic E-state index is 5.38. The molecule has 0 unspecified atom stereocenters. The molecule has 1 aliphatic carbocycles. The number of nitrogens with zero attached hydrogens (tertiary/aromatic N) is 1. The van der Waals surface area contributed by atoms with Gasteiger partial charge in [0.25, 0.3) is 0 Å². The Bertz CT molecular complexity index is 160. The molecule has 0 saturated heterocycles. The number of rotatable bonds is 11. The summed E-state index contributed by atoms with van der Waals surface area (Å²) in [6.45, 7) is 10.6. The number of likely N-dealkylation sites (N-methyl/N-ethyl adjacent to an activating group) is 1. The number of nitrogens with one attached hydrogen (secondary N) is 1. The molecule has 1 rings (SSSR count). The normalized spacial score (nSPS) is 15.9. The van der Waals surface area contributed by atoms with Crippen molar-refractivity contribution in [1.82, 2.24) is 10.2 Å². The molecule has 96 valence electrons. The molecule has 0 spiro atoms. The van der Waals surface area contributed by atoms with Crippen LogP contribution in [0.3, 0.4) is 0 Å². The molecule has 16 heavy (non-hydrogen) atoms. The molecule has 0 aliphatic heterocycles. The molecular weight excluding hydrogens is 200 g/mol. The van der Waals surface area contributed by atoms with Crippen LogP contribution < -0.4 is 5.32 Å². The predicted octanol–water partition coefficient (Wildman–Crippen LogP) is 1.88. The fraction of sp³-hybridized carbons (Fsp3) is 1.00. The fourth-order valence-electron chi connectivity index (χ4n) is 1.82. The van der Waals surface area contributed by atoms with Crippen LogP contribution in [0.1, 0.15) is 39.5 Å². The minimum atomic E-state index is 0.836. The van der Waals surface area contributed by atoms with Crippen molar-refractivity contribution in [3.63, 3.8) is 0 Å². The molecule has 0 aromatic heterocycles. The van der Waals surface area contributed by atoms with Crippen LogP contribution in [-0.4, -0.2) is 50.3 Å². The van der Waals surface area contributed by atoms with Gasteiger partial charge in [0.1, 0.15) is 0 Å². The molecule has 1 saturated carbocycles. The van der Waals surface area contributed by atoms with Gasteiger partial charge in [-0.15, -0.1) is 0 Å². The number of hydrogen-bond donors (Lipinski definition) is 1. The Morgan fingerprint density at radius 3 is 2.62 bits per heavy atom. The summed E-state index contributed by atoms with van der Waals surface area (Å²) in [5, 5.41) is 3.56. The van der Waals surface area contributed by atoms with Crippen molar-refractivity contribution < 1.29 is 4.74 Å². The van der Waals surface area contributed by atoms with Gasteiger partial charge >= 0.3 is 0 Å². The van der Waals surface area contributed by atoms with Crippen LogP contribution in [-0.2, 0) is 4.74 Å².